The van der Waals surface area contributed by atoms with Crippen molar-refractivity contribution in [3.63, 3.8) is 0 Å². The zero-order chi connectivity index (χ0) is 22.2. The van der Waals surface area contributed by atoms with E-state index in [0.717, 1.165) is 37.4 Å². The van der Waals surface area contributed by atoms with Gasteiger partial charge >= 0.3 is 0 Å². The summed E-state index contributed by atoms with van der Waals surface area (Å²) in [6.45, 7) is 5.05. The summed E-state index contributed by atoms with van der Waals surface area (Å²) in [7, 11) is 0. The van der Waals surface area contributed by atoms with Crippen molar-refractivity contribution in [1.82, 2.24) is 14.8 Å². The Balaban J connectivity index is 1.40. The predicted molar refractivity (Wildman–Crippen MR) is 132 cm³/mol. The fourth-order valence-corrected chi connectivity index (χ4v) is 5.63. The number of aryl methyl sites for hydroxylation is 1. The average Bonchev–Trinajstić information content (AvgIpc) is 3.45. The number of rotatable bonds is 6. The first-order chi connectivity index (χ1) is 15.5. The molecular weight excluding hydrogens is 464 g/mol. The highest BCUT2D eigenvalue weighted by atomic mass is 35.5. The van der Waals surface area contributed by atoms with Gasteiger partial charge < -0.3 is 4.74 Å². The molecule has 0 spiro atoms. The van der Waals surface area contributed by atoms with Crippen LogP contribution in [0.3, 0.4) is 0 Å². The van der Waals surface area contributed by atoms with Crippen molar-refractivity contribution in [2.24, 2.45) is 0 Å². The second-order valence-electron chi connectivity index (χ2n) is 7.20. The Kier molecular flexibility index (Phi) is 5.58. The maximum absolute atomic E-state index is 13.0. The summed E-state index contributed by atoms with van der Waals surface area (Å²) < 4.78 is 8.42. The Hall–Kier alpha value is -2.94. The number of hydrogen-bond donors (Lipinski definition) is 1. The summed E-state index contributed by atoms with van der Waals surface area (Å²) in [5.41, 5.74) is 2.70. The second kappa shape index (κ2) is 8.54. The fraction of sp³-hybridized carbons (Fsp3) is 0.174. The number of aromatic nitrogens is 3. The van der Waals surface area contributed by atoms with E-state index in [1.165, 1.54) is 22.7 Å². The summed E-state index contributed by atoms with van der Waals surface area (Å²) >= 11 is 9.17. The topological polar surface area (TPSA) is 69.0 Å². The molecule has 3 aromatic heterocycles. The zero-order valence-electron chi connectivity index (χ0n) is 17.4. The van der Waals surface area contributed by atoms with Gasteiger partial charge in [0, 0.05) is 10.4 Å². The lowest BCUT2D eigenvalue weighted by Gasteiger charge is -2.05. The molecule has 3 heterocycles. The highest BCUT2D eigenvalue weighted by Gasteiger charge is 2.18. The normalized spacial score (nSPS) is 11.3. The quantitative estimate of drug-likeness (QED) is 0.305. The van der Waals surface area contributed by atoms with Crippen molar-refractivity contribution in [2.45, 2.75) is 20.4 Å². The van der Waals surface area contributed by atoms with Gasteiger partial charge in [-0.05, 0) is 49.7 Å². The van der Waals surface area contributed by atoms with Crippen molar-refractivity contribution in [3.8, 4) is 5.75 Å². The maximum atomic E-state index is 13.0. The highest BCUT2D eigenvalue weighted by molar-refractivity contribution is 7.23. The van der Waals surface area contributed by atoms with E-state index >= 15 is 0 Å². The smallest absolute Gasteiger partial charge is 0.267 e. The van der Waals surface area contributed by atoms with Crippen LogP contribution in [-0.2, 0) is 6.54 Å². The molecule has 0 fully saturated rings. The van der Waals surface area contributed by atoms with Crippen LogP contribution in [-0.4, -0.2) is 27.3 Å². The number of thiazole rings is 1. The van der Waals surface area contributed by atoms with Crippen LogP contribution in [0, 0.1) is 6.92 Å². The van der Waals surface area contributed by atoms with Crippen molar-refractivity contribution in [1.29, 1.82) is 0 Å². The Bertz CT molecular complexity index is 1450. The van der Waals surface area contributed by atoms with Crippen molar-refractivity contribution >= 4 is 65.7 Å². The monoisotopic (exact) mass is 482 g/mol. The van der Waals surface area contributed by atoms with Crippen LogP contribution < -0.4 is 10.1 Å². The molecule has 0 atom stereocenters. The van der Waals surface area contributed by atoms with Gasteiger partial charge in [0.05, 0.1) is 33.9 Å². The molecule has 6 nitrogen and oxygen atoms in total. The number of carbonyl (C=O) groups is 1. The molecule has 0 aliphatic rings. The van der Waals surface area contributed by atoms with E-state index in [0.29, 0.717) is 28.2 Å². The molecule has 1 N–H and O–H groups in total. The Morgan fingerprint density at radius 3 is 2.84 bits per heavy atom. The molecule has 0 aliphatic carbocycles. The largest absolute Gasteiger partial charge is 0.494 e. The van der Waals surface area contributed by atoms with Gasteiger partial charge in [0.25, 0.3) is 5.91 Å². The molecule has 0 bridgehead atoms. The molecular formula is C23H19ClN4O2S2. The third-order valence-corrected chi connectivity index (χ3v) is 7.45. The molecule has 0 saturated heterocycles. The molecule has 32 heavy (non-hydrogen) atoms. The van der Waals surface area contributed by atoms with Gasteiger partial charge in [0.15, 0.2) is 5.13 Å². The number of halogens is 1. The number of thiophene rings is 1. The van der Waals surface area contributed by atoms with Gasteiger partial charge in [-0.1, -0.05) is 41.1 Å². The van der Waals surface area contributed by atoms with Gasteiger partial charge in [-0.25, -0.2) is 4.98 Å². The molecule has 0 saturated carbocycles. The van der Waals surface area contributed by atoms with Crippen LogP contribution in [0.1, 0.15) is 27.9 Å². The van der Waals surface area contributed by atoms with Gasteiger partial charge in [0.1, 0.15) is 10.6 Å². The number of nitrogens with zero attached hydrogens (tertiary/aromatic N) is 3. The van der Waals surface area contributed by atoms with E-state index in [1.807, 2.05) is 67.1 Å². The fourth-order valence-electron chi connectivity index (χ4n) is 3.49. The molecule has 0 radical (unpaired) electrons. The minimum absolute atomic E-state index is 0.181. The van der Waals surface area contributed by atoms with E-state index in [2.05, 4.69) is 15.4 Å². The van der Waals surface area contributed by atoms with Crippen molar-refractivity contribution in [3.05, 3.63) is 69.7 Å². The van der Waals surface area contributed by atoms with E-state index in [-0.39, 0.29) is 5.91 Å². The van der Waals surface area contributed by atoms with Gasteiger partial charge in [-0.15, -0.1) is 11.3 Å². The number of ether oxygens (including phenoxy) is 1. The van der Waals surface area contributed by atoms with Gasteiger partial charge in [-0.3, -0.25) is 14.8 Å². The van der Waals surface area contributed by atoms with Gasteiger partial charge in [0.2, 0.25) is 0 Å². The third kappa shape index (κ3) is 3.97. The SMILES string of the molecule is CCOc1ccc2nc(NC(=O)c3cc4c(C)nn(Cc5ccccc5Cl)c4s3)sc2c1. The van der Waals surface area contributed by atoms with Crippen LogP contribution in [0.5, 0.6) is 5.75 Å². The summed E-state index contributed by atoms with van der Waals surface area (Å²) in [5, 5.41) is 9.80. The lowest BCUT2D eigenvalue weighted by atomic mass is 10.2. The number of carbonyl (C=O) groups excluding carboxylic acids is 1. The van der Waals surface area contributed by atoms with E-state index < -0.39 is 0 Å². The second-order valence-corrected chi connectivity index (χ2v) is 9.67. The Labute approximate surface area is 197 Å². The molecule has 2 aromatic carbocycles. The summed E-state index contributed by atoms with van der Waals surface area (Å²) in [6.07, 6.45) is 0. The molecule has 5 rings (SSSR count). The van der Waals surface area contributed by atoms with Crippen LogP contribution in [0.4, 0.5) is 5.13 Å². The lowest BCUT2D eigenvalue weighted by molar-refractivity contribution is 0.103. The zero-order valence-corrected chi connectivity index (χ0v) is 19.8. The van der Waals surface area contributed by atoms with E-state index in [4.69, 9.17) is 16.3 Å². The predicted octanol–water partition coefficient (Wildman–Crippen LogP) is 6.37. The first-order valence-corrected chi connectivity index (χ1v) is 12.1. The first kappa shape index (κ1) is 20.9. The Morgan fingerprint density at radius 1 is 1.19 bits per heavy atom. The highest BCUT2D eigenvalue weighted by Crippen LogP contribution is 2.32. The van der Waals surface area contributed by atoms with Crippen LogP contribution in [0.25, 0.3) is 20.4 Å². The summed E-state index contributed by atoms with van der Waals surface area (Å²) in [6, 6.07) is 15.3. The molecule has 0 unspecified atom stereocenters. The Morgan fingerprint density at radius 2 is 2.03 bits per heavy atom. The number of amides is 1. The maximum Gasteiger partial charge on any atom is 0.267 e. The summed E-state index contributed by atoms with van der Waals surface area (Å²) in [4.78, 5) is 19.0. The molecule has 9 heteroatoms. The number of nitrogens with one attached hydrogen (secondary N) is 1. The van der Waals surface area contributed by atoms with E-state index in [1.54, 1.807) is 0 Å². The minimum atomic E-state index is -0.181. The lowest BCUT2D eigenvalue weighted by Crippen LogP contribution is -2.09. The van der Waals surface area contributed by atoms with Crippen molar-refractivity contribution < 1.29 is 9.53 Å². The van der Waals surface area contributed by atoms with Crippen LogP contribution in [0.2, 0.25) is 5.02 Å². The van der Waals surface area contributed by atoms with Gasteiger partial charge in [-0.2, -0.15) is 5.10 Å². The number of hydrogen-bond acceptors (Lipinski definition) is 6. The number of anilines is 1. The number of fused-ring (bicyclic) bond motifs is 2. The average molecular weight is 483 g/mol. The standard InChI is InChI=1S/C23H19ClN4O2S2/c1-3-30-15-8-9-18-19(10-15)32-23(25-18)26-21(29)20-11-16-13(2)27-28(22(16)31-20)12-14-6-4-5-7-17(14)24/h4-11H,3,12H2,1-2H3,(H,25,26,29). The third-order valence-electron chi connectivity index (χ3n) is 5.00. The minimum Gasteiger partial charge on any atom is -0.494 e. The molecule has 1 amide bonds. The summed E-state index contributed by atoms with van der Waals surface area (Å²) in [5.74, 6) is 0.614. The first-order valence-electron chi connectivity index (χ1n) is 10.1. The molecule has 162 valence electrons. The van der Waals surface area contributed by atoms with Crippen molar-refractivity contribution in [2.75, 3.05) is 11.9 Å². The van der Waals surface area contributed by atoms with Crippen LogP contribution in [0.15, 0.2) is 48.5 Å². The molecule has 5 aromatic rings. The van der Waals surface area contributed by atoms with E-state index in [9.17, 15) is 4.79 Å². The van der Waals surface area contributed by atoms with Crippen LogP contribution >= 0.6 is 34.3 Å². The molecule has 0 aliphatic heterocycles. The number of benzene rings is 2.